The second kappa shape index (κ2) is 6.78. The van der Waals surface area contributed by atoms with Crippen LogP contribution in [0.4, 0.5) is 0 Å². The number of nitrogens with one attached hydrogen (secondary N) is 1. The predicted molar refractivity (Wildman–Crippen MR) is 84.7 cm³/mol. The van der Waals surface area contributed by atoms with Crippen molar-refractivity contribution in [2.75, 3.05) is 14.2 Å². The Morgan fingerprint density at radius 1 is 1.20 bits per heavy atom. The average molecular weight is 290 g/mol. The summed E-state index contributed by atoms with van der Waals surface area (Å²) in [6.07, 6.45) is 0.877. The molecular weight excluding hydrogens is 270 g/mol. The standard InChI is InChI=1S/C17H20ClNO/c1-12-10-13(8-9-15(12)18)16(19-2)11-14-6-4-5-7-17(14)20-3/h4-10,16,19H,11H2,1-3H3. The van der Waals surface area contributed by atoms with Crippen LogP contribution in [0.5, 0.6) is 5.75 Å². The third kappa shape index (κ3) is 3.33. The highest BCUT2D eigenvalue weighted by molar-refractivity contribution is 6.31. The lowest BCUT2D eigenvalue weighted by Gasteiger charge is -2.19. The molecule has 0 spiro atoms. The van der Waals surface area contributed by atoms with Crippen molar-refractivity contribution in [1.82, 2.24) is 5.32 Å². The molecule has 0 aromatic heterocycles. The summed E-state index contributed by atoms with van der Waals surface area (Å²) in [6.45, 7) is 2.03. The monoisotopic (exact) mass is 289 g/mol. The lowest BCUT2D eigenvalue weighted by molar-refractivity contribution is 0.406. The molecule has 0 bridgehead atoms. The number of halogens is 1. The number of rotatable bonds is 5. The van der Waals surface area contributed by atoms with Crippen LogP contribution in [-0.2, 0) is 6.42 Å². The van der Waals surface area contributed by atoms with Gasteiger partial charge in [0.2, 0.25) is 0 Å². The van der Waals surface area contributed by atoms with E-state index in [1.54, 1.807) is 7.11 Å². The summed E-state index contributed by atoms with van der Waals surface area (Å²) in [5.41, 5.74) is 3.53. The van der Waals surface area contributed by atoms with Gasteiger partial charge in [-0.2, -0.15) is 0 Å². The molecule has 2 nitrogen and oxygen atoms in total. The minimum absolute atomic E-state index is 0.238. The number of methoxy groups -OCH3 is 1. The van der Waals surface area contributed by atoms with Crippen molar-refractivity contribution in [1.29, 1.82) is 0 Å². The topological polar surface area (TPSA) is 21.3 Å². The molecule has 0 fully saturated rings. The Hall–Kier alpha value is -1.51. The normalized spacial score (nSPS) is 12.2. The number of aryl methyl sites for hydroxylation is 1. The van der Waals surface area contributed by atoms with Gasteiger partial charge in [0.25, 0.3) is 0 Å². The minimum atomic E-state index is 0.238. The fourth-order valence-electron chi connectivity index (χ4n) is 2.36. The molecule has 0 saturated heterocycles. The molecule has 1 N–H and O–H groups in total. The Labute approximate surface area is 125 Å². The van der Waals surface area contributed by atoms with Gasteiger partial charge in [0, 0.05) is 11.1 Å². The minimum Gasteiger partial charge on any atom is -0.496 e. The van der Waals surface area contributed by atoms with Gasteiger partial charge in [-0.05, 0) is 49.2 Å². The first-order chi connectivity index (χ1) is 9.65. The molecule has 0 saturated carbocycles. The van der Waals surface area contributed by atoms with Crippen LogP contribution in [0.1, 0.15) is 22.7 Å². The van der Waals surface area contributed by atoms with Gasteiger partial charge in [-0.3, -0.25) is 0 Å². The summed E-state index contributed by atoms with van der Waals surface area (Å²) >= 11 is 6.10. The Balaban J connectivity index is 2.26. The number of likely N-dealkylation sites (N-methyl/N-ethyl adjacent to an activating group) is 1. The van der Waals surface area contributed by atoms with E-state index >= 15 is 0 Å². The summed E-state index contributed by atoms with van der Waals surface area (Å²) in [5.74, 6) is 0.929. The van der Waals surface area contributed by atoms with Gasteiger partial charge >= 0.3 is 0 Å². The predicted octanol–water partition coefficient (Wildman–Crippen LogP) is 4.16. The summed E-state index contributed by atoms with van der Waals surface area (Å²) < 4.78 is 5.42. The summed E-state index contributed by atoms with van der Waals surface area (Å²) in [4.78, 5) is 0. The molecule has 0 heterocycles. The molecule has 2 rings (SSSR count). The van der Waals surface area contributed by atoms with Gasteiger partial charge in [-0.25, -0.2) is 0 Å². The molecule has 3 heteroatoms. The van der Waals surface area contributed by atoms with E-state index in [9.17, 15) is 0 Å². The van der Waals surface area contributed by atoms with Crippen molar-refractivity contribution in [3.63, 3.8) is 0 Å². The van der Waals surface area contributed by atoms with E-state index in [1.807, 2.05) is 38.2 Å². The maximum Gasteiger partial charge on any atom is 0.122 e. The highest BCUT2D eigenvalue weighted by Gasteiger charge is 2.13. The number of hydrogen-bond acceptors (Lipinski definition) is 2. The first-order valence-electron chi connectivity index (χ1n) is 6.71. The molecule has 1 unspecified atom stereocenters. The number of para-hydroxylation sites is 1. The number of ether oxygens (including phenoxy) is 1. The lowest BCUT2D eigenvalue weighted by atomic mass is 9.97. The van der Waals surface area contributed by atoms with Gasteiger partial charge in [0.05, 0.1) is 7.11 Å². The highest BCUT2D eigenvalue weighted by atomic mass is 35.5. The van der Waals surface area contributed by atoms with Gasteiger partial charge in [-0.15, -0.1) is 0 Å². The SMILES string of the molecule is CNC(Cc1ccccc1OC)c1ccc(Cl)c(C)c1. The van der Waals surface area contributed by atoms with Gasteiger partial charge in [0.1, 0.15) is 5.75 Å². The van der Waals surface area contributed by atoms with Gasteiger partial charge < -0.3 is 10.1 Å². The average Bonchev–Trinajstić information content (AvgIpc) is 2.48. The van der Waals surface area contributed by atoms with Crippen LogP contribution in [0.15, 0.2) is 42.5 Å². The van der Waals surface area contributed by atoms with E-state index in [0.29, 0.717) is 0 Å². The first kappa shape index (κ1) is 14.9. The summed E-state index contributed by atoms with van der Waals surface area (Å²) in [7, 11) is 3.68. The second-order valence-electron chi connectivity index (χ2n) is 4.87. The van der Waals surface area contributed by atoms with Crippen LogP contribution < -0.4 is 10.1 Å². The van der Waals surface area contributed by atoms with Crippen molar-refractivity contribution in [2.24, 2.45) is 0 Å². The molecule has 0 aliphatic carbocycles. The van der Waals surface area contributed by atoms with E-state index in [4.69, 9.17) is 16.3 Å². The van der Waals surface area contributed by atoms with E-state index < -0.39 is 0 Å². The fraction of sp³-hybridized carbons (Fsp3) is 0.294. The van der Waals surface area contributed by atoms with Crippen LogP contribution in [0.2, 0.25) is 5.02 Å². The quantitative estimate of drug-likeness (QED) is 0.892. The molecule has 106 valence electrons. The Morgan fingerprint density at radius 3 is 2.60 bits per heavy atom. The van der Waals surface area contributed by atoms with Crippen LogP contribution in [0, 0.1) is 6.92 Å². The molecule has 1 atom stereocenters. The van der Waals surface area contributed by atoms with Crippen LogP contribution in [-0.4, -0.2) is 14.2 Å². The molecule has 0 aliphatic rings. The summed E-state index contributed by atoms with van der Waals surface area (Å²) in [6, 6.07) is 14.5. The third-order valence-electron chi connectivity index (χ3n) is 3.55. The Morgan fingerprint density at radius 2 is 1.95 bits per heavy atom. The highest BCUT2D eigenvalue weighted by Crippen LogP contribution is 2.26. The second-order valence-corrected chi connectivity index (χ2v) is 5.27. The zero-order valence-electron chi connectivity index (χ0n) is 12.1. The first-order valence-corrected chi connectivity index (χ1v) is 7.08. The van der Waals surface area contributed by atoms with Crippen molar-refractivity contribution >= 4 is 11.6 Å². The van der Waals surface area contributed by atoms with Crippen LogP contribution in [0.25, 0.3) is 0 Å². The molecule has 0 amide bonds. The lowest BCUT2D eigenvalue weighted by Crippen LogP contribution is -2.19. The number of hydrogen-bond donors (Lipinski definition) is 1. The maximum absolute atomic E-state index is 6.10. The van der Waals surface area contributed by atoms with Crippen molar-refractivity contribution in [3.8, 4) is 5.75 Å². The molecule has 0 aliphatic heterocycles. The molecule has 2 aromatic rings. The van der Waals surface area contributed by atoms with Crippen molar-refractivity contribution in [2.45, 2.75) is 19.4 Å². The van der Waals surface area contributed by atoms with Gasteiger partial charge in [0.15, 0.2) is 0 Å². The van der Waals surface area contributed by atoms with E-state index in [1.165, 1.54) is 11.1 Å². The summed E-state index contributed by atoms with van der Waals surface area (Å²) in [5, 5.41) is 4.17. The fourth-order valence-corrected chi connectivity index (χ4v) is 2.48. The van der Waals surface area contributed by atoms with Crippen molar-refractivity contribution < 1.29 is 4.74 Å². The number of benzene rings is 2. The van der Waals surface area contributed by atoms with Crippen LogP contribution in [0.3, 0.4) is 0 Å². The molecular formula is C17H20ClNO. The third-order valence-corrected chi connectivity index (χ3v) is 3.97. The van der Waals surface area contributed by atoms with Crippen molar-refractivity contribution in [3.05, 3.63) is 64.2 Å². The van der Waals surface area contributed by atoms with E-state index in [2.05, 4.69) is 23.5 Å². The molecule has 20 heavy (non-hydrogen) atoms. The van der Waals surface area contributed by atoms with Crippen LogP contribution >= 0.6 is 11.6 Å². The van der Waals surface area contributed by atoms with E-state index in [0.717, 1.165) is 22.8 Å². The Bertz CT molecular complexity index is 583. The Kier molecular flexibility index (Phi) is 5.05. The van der Waals surface area contributed by atoms with Gasteiger partial charge in [-0.1, -0.05) is 41.9 Å². The smallest absolute Gasteiger partial charge is 0.122 e. The molecule has 2 aromatic carbocycles. The maximum atomic E-state index is 6.10. The zero-order chi connectivity index (χ0) is 14.5. The van der Waals surface area contributed by atoms with E-state index in [-0.39, 0.29) is 6.04 Å². The largest absolute Gasteiger partial charge is 0.496 e. The zero-order valence-corrected chi connectivity index (χ0v) is 12.9. The molecule has 0 radical (unpaired) electrons.